The van der Waals surface area contributed by atoms with Gasteiger partial charge in [-0.3, -0.25) is 0 Å². The van der Waals surface area contributed by atoms with E-state index in [1.807, 2.05) is 42.2 Å². The predicted molar refractivity (Wildman–Crippen MR) is 79.9 cm³/mol. The van der Waals surface area contributed by atoms with E-state index in [-0.39, 0.29) is 20.3 Å². The van der Waals surface area contributed by atoms with Crippen LogP contribution in [0.1, 0.15) is 41.5 Å². The average molecular weight is 290 g/mol. The largest absolute Gasteiger partial charge is 1.00 e. The lowest BCUT2D eigenvalue weighted by atomic mass is 10.5. The number of hydrogen-bond donors (Lipinski definition) is 0. The van der Waals surface area contributed by atoms with Crippen molar-refractivity contribution in [3.8, 4) is 0 Å². The van der Waals surface area contributed by atoms with Gasteiger partial charge in [-0.15, -0.1) is 0 Å². The lowest BCUT2D eigenvalue weighted by Gasteiger charge is -2.29. The zero-order chi connectivity index (χ0) is 13.4. The molecule has 0 aromatic carbocycles. The minimum atomic E-state index is 0. The van der Waals surface area contributed by atoms with Crippen LogP contribution >= 0.6 is 7.92 Å². The summed E-state index contributed by atoms with van der Waals surface area (Å²) in [4.78, 5) is 0. The summed E-state index contributed by atoms with van der Waals surface area (Å²) in [6.45, 7) is 14.1. The topological polar surface area (TPSA) is 3.88 Å². The molecule has 1 rings (SSSR count). The second-order valence-electron chi connectivity index (χ2n) is 5.27. The Labute approximate surface area is 121 Å². The average Bonchev–Trinajstić information content (AvgIpc) is 2.17. The van der Waals surface area contributed by atoms with Gasteiger partial charge in [-0.1, -0.05) is 55.5 Å². The van der Waals surface area contributed by atoms with Crippen LogP contribution in [0.5, 0.6) is 0 Å². The zero-order valence-corrected chi connectivity index (χ0v) is 14.5. The summed E-state index contributed by atoms with van der Waals surface area (Å²) in [5.41, 5.74) is 2.69. The molecule has 0 saturated carbocycles. The minimum absolute atomic E-state index is 0. The highest BCUT2D eigenvalue weighted by atomic mass is 35.5. The summed E-state index contributed by atoms with van der Waals surface area (Å²) in [6.07, 6.45) is 4.00. The molecule has 0 radical (unpaired) electrons. The quantitative estimate of drug-likeness (QED) is 0.582. The number of hydrogen-bond acceptors (Lipinski definition) is 0. The molecule has 0 atom stereocenters. The fraction of sp³-hybridized carbons (Fsp3) is 0.667. The van der Waals surface area contributed by atoms with Crippen LogP contribution in [-0.4, -0.2) is 17.0 Å². The molecule has 0 spiro atoms. The van der Waals surface area contributed by atoms with Crippen molar-refractivity contribution in [2.24, 2.45) is 7.05 Å². The highest BCUT2D eigenvalue weighted by Crippen LogP contribution is 2.49. The van der Waals surface area contributed by atoms with Gasteiger partial charge in [0.2, 0.25) is 0 Å². The van der Waals surface area contributed by atoms with Gasteiger partial charge < -0.3 is 12.4 Å². The number of rotatable bonds is 3. The zero-order valence-electron chi connectivity index (χ0n) is 12.9. The van der Waals surface area contributed by atoms with Crippen molar-refractivity contribution in [2.75, 3.05) is 0 Å². The third-order valence-corrected chi connectivity index (χ3v) is 6.23. The smallest absolute Gasteiger partial charge is 0.168 e. The van der Waals surface area contributed by atoms with E-state index in [4.69, 9.17) is 0 Å². The van der Waals surface area contributed by atoms with Crippen LogP contribution in [0.4, 0.5) is 0 Å². The van der Waals surface area contributed by atoms with E-state index < -0.39 is 0 Å². The van der Waals surface area contributed by atoms with Crippen molar-refractivity contribution in [1.29, 1.82) is 0 Å². The van der Waals surface area contributed by atoms with E-state index in [1.165, 1.54) is 0 Å². The molecule has 1 aromatic rings. The van der Waals surface area contributed by atoms with E-state index >= 15 is 0 Å². The molecule has 0 fully saturated rings. The number of halogens is 1. The Morgan fingerprint density at radius 1 is 0.722 bits per heavy atom. The predicted octanol–water partition coefficient (Wildman–Crippen LogP) is 1.21. The second-order valence-corrected chi connectivity index (χ2v) is 9.26. The summed E-state index contributed by atoms with van der Waals surface area (Å²) in [7, 11) is 2.26. The van der Waals surface area contributed by atoms with Crippen LogP contribution in [0.15, 0.2) is 30.6 Å². The fourth-order valence-corrected chi connectivity index (χ4v) is 5.85. The van der Waals surface area contributed by atoms with Crippen LogP contribution in [0.3, 0.4) is 0 Å². The molecule has 0 bridgehead atoms. The molecule has 1 heterocycles. The van der Waals surface area contributed by atoms with Crippen molar-refractivity contribution >= 4 is 7.92 Å². The molecular formula is C15H29ClNP. The highest BCUT2D eigenvalue weighted by Gasteiger charge is 2.19. The van der Waals surface area contributed by atoms with E-state index in [0.29, 0.717) is 0 Å². The normalized spacial score (nSPS) is 10.4. The molecule has 0 saturated heterocycles. The molecule has 18 heavy (non-hydrogen) atoms. The number of aryl methyl sites for hydroxylation is 1. The van der Waals surface area contributed by atoms with E-state index in [1.54, 1.807) is 0 Å². The van der Waals surface area contributed by atoms with Crippen molar-refractivity contribution in [1.82, 2.24) is 0 Å². The second kappa shape index (κ2) is 10.8. The molecule has 0 unspecified atom stereocenters. The Hall–Kier alpha value is -0.130. The van der Waals surface area contributed by atoms with Crippen LogP contribution in [0.2, 0.25) is 0 Å². The van der Waals surface area contributed by atoms with Gasteiger partial charge in [0, 0.05) is 12.1 Å². The van der Waals surface area contributed by atoms with E-state index in [9.17, 15) is 0 Å². The van der Waals surface area contributed by atoms with Crippen molar-refractivity contribution in [3.63, 3.8) is 0 Å². The molecule has 0 aliphatic carbocycles. The first-order valence-corrected chi connectivity index (χ1v) is 8.08. The van der Waals surface area contributed by atoms with Crippen LogP contribution in [0, 0.1) is 0 Å². The molecule has 1 nitrogen and oxygen atoms in total. The minimum Gasteiger partial charge on any atom is -1.00 e. The van der Waals surface area contributed by atoms with Gasteiger partial charge in [0.25, 0.3) is 0 Å². The number of pyridine rings is 1. The van der Waals surface area contributed by atoms with Gasteiger partial charge >= 0.3 is 0 Å². The van der Waals surface area contributed by atoms with Crippen molar-refractivity contribution in [2.45, 2.75) is 58.5 Å². The monoisotopic (exact) mass is 289 g/mol. The lowest BCUT2D eigenvalue weighted by Crippen LogP contribution is -3.00. The Morgan fingerprint density at radius 2 is 1.06 bits per heavy atom. The summed E-state index contributed by atoms with van der Waals surface area (Å²) < 4.78 is 2.00. The summed E-state index contributed by atoms with van der Waals surface area (Å²) >= 11 is 0. The summed E-state index contributed by atoms with van der Waals surface area (Å²) in [5.74, 6) is 0. The first kappa shape index (κ1) is 20.2. The molecule has 0 N–H and O–H groups in total. The Kier molecular flexibility index (Phi) is 12.1. The van der Waals surface area contributed by atoms with Crippen molar-refractivity contribution in [3.05, 3.63) is 30.6 Å². The highest BCUT2D eigenvalue weighted by molar-refractivity contribution is 7.59. The Morgan fingerprint density at radius 3 is 1.17 bits per heavy atom. The first-order chi connectivity index (χ1) is 7.86. The molecule has 0 aliphatic rings. The van der Waals surface area contributed by atoms with Crippen molar-refractivity contribution < 1.29 is 17.0 Å². The van der Waals surface area contributed by atoms with E-state index in [2.05, 4.69) is 41.5 Å². The fourth-order valence-electron chi connectivity index (χ4n) is 2.27. The van der Waals surface area contributed by atoms with Gasteiger partial charge in [0.1, 0.15) is 7.05 Å². The summed E-state index contributed by atoms with van der Waals surface area (Å²) in [6, 6.07) is 6.00. The van der Waals surface area contributed by atoms with Crippen LogP contribution < -0.4 is 17.0 Å². The van der Waals surface area contributed by atoms with Gasteiger partial charge in [0.05, 0.1) is 0 Å². The maximum atomic E-state index is 2.35. The molecule has 106 valence electrons. The number of aromatic nitrogens is 1. The third-order valence-electron chi connectivity index (χ3n) is 2.65. The summed E-state index contributed by atoms with van der Waals surface area (Å²) in [5, 5.41) is 0. The molecule has 1 aromatic heterocycles. The lowest BCUT2D eigenvalue weighted by molar-refractivity contribution is -0.671. The van der Waals surface area contributed by atoms with Gasteiger partial charge in [-0.05, 0) is 17.0 Å². The molecule has 0 amide bonds. The third kappa shape index (κ3) is 8.89. The van der Waals surface area contributed by atoms with E-state index in [0.717, 1.165) is 17.0 Å². The van der Waals surface area contributed by atoms with Crippen LogP contribution in [0.25, 0.3) is 0 Å². The number of nitrogens with zero attached hydrogens (tertiary/aromatic N) is 1. The standard InChI is InChI=1S/C9H21P.C6H8N.ClH/c1-7(2)10(8(3)4)9(5)6;1-7-5-3-2-4-6-7;/h7-9H,1-6H3;2-6H,1H3;1H/q;+1;/p-1. The molecule has 0 aliphatic heterocycles. The molecule has 3 heteroatoms. The van der Waals surface area contributed by atoms with Gasteiger partial charge in [0.15, 0.2) is 12.4 Å². The molecular weight excluding hydrogens is 261 g/mol. The van der Waals surface area contributed by atoms with Crippen LogP contribution in [-0.2, 0) is 7.05 Å². The first-order valence-electron chi connectivity index (χ1n) is 6.54. The van der Waals surface area contributed by atoms with Gasteiger partial charge in [-0.2, -0.15) is 0 Å². The maximum Gasteiger partial charge on any atom is 0.168 e. The SMILES string of the molecule is CC(C)P(C(C)C)C(C)C.C[n+]1ccccc1.[Cl-]. The van der Waals surface area contributed by atoms with Gasteiger partial charge in [-0.25, -0.2) is 4.57 Å². The Bertz CT molecular complexity index is 267. The maximum absolute atomic E-state index is 2.35. The Balaban J connectivity index is 0.